The highest BCUT2D eigenvalue weighted by atomic mass is 14.8. The summed E-state index contributed by atoms with van der Waals surface area (Å²) in [5.41, 5.74) is 7.37. The molecule has 132 valence electrons. The summed E-state index contributed by atoms with van der Waals surface area (Å²) in [6, 6.07) is 6.40. The van der Waals surface area contributed by atoms with E-state index in [0.717, 1.165) is 44.8 Å². The third kappa shape index (κ3) is 2.70. The van der Waals surface area contributed by atoms with Gasteiger partial charge in [0.1, 0.15) is 0 Å². The van der Waals surface area contributed by atoms with Crippen molar-refractivity contribution in [2.45, 2.75) is 37.5 Å². The van der Waals surface area contributed by atoms with Gasteiger partial charge in [-0.2, -0.15) is 0 Å². The SMILES string of the molecule is c1cc2[nH]cc(-c3cncc(C4CC4)n3)c2cc1-c1cncc(C2CC2)n1. The van der Waals surface area contributed by atoms with Crippen LogP contribution in [0.15, 0.2) is 49.2 Å². The van der Waals surface area contributed by atoms with Crippen LogP contribution in [0.4, 0.5) is 0 Å². The Kier molecular flexibility index (Phi) is 3.18. The average Bonchev–Trinajstić information content (AvgIpc) is 3.64. The van der Waals surface area contributed by atoms with Crippen molar-refractivity contribution in [3.05, 3.63) is 60.6 Å². The molecule has 0 spiro atoms. The molecule has 2 saturated carbocycles. The summed E-state index contributed by atoms with van der Waals surface area (Å²) in [6.07, 6.45) is 14.5. The molecule has 0 saturated heterocycles. The molecule has 1 aromatic carbocycles. The summed E-state index contributed by atoms with van der Waals surface area (Å²) in [4.78, 5) is 21.9. The van der Waals surface area contributed by atoms with Gasteiger partial charge in [-0.05, 0) is 37.8 Å². The van der Waals surface area contributed by atoms with Gasteiger partial charge in [0.05, 0.1) is 35.2 Å². The Labute approximate surface area is 156 Å². The molecule has 0 atom stereocenters. The van der Waals surface area contributed by atoms with E-state index in [0.29, 0.717) is 11.8 Å². The molecule has 5 nitrogen and oxygen atoms in total. The van der Waals surface area contributed by atoms with E-state index >= 15 is 0 Å². The lowest BCUT2D eigenvalue weighted by atomic mass is 10.1. The third-order valence-corrected chi connectivity index (χ3v) is 5.55. The second-order valence-electron chi connectivity index (χ2n) is 7.67. The Morgan fingerprint density at radius 1 is 0.778 bits per heavy atom. The fourth-order valence-electron chi connectivity index (χ4n) is 3.67. The van der Waals surface area contributed by atoms with Gasteiger partial charge in [0.15, 0.2) is 0 Å². The lowest BCUT2D eigenvalue weighted by molar-refractivity contribution is 0.992. The highest BCUT2D eigenvalue weighted by Crippen LogP contribution is 2.40. The molecule has 3 heterocycles. The van der Waals surface area contributed by atoms with Crippen LogP contribution in [-0.2, 0) is 0 Å². The maximum Gasteiger partial charge on any atom is 0.0910 e. The fraction of sp³-hybridized carbons (Fsp3) is 0.273. The Hall–Kier alpha value is -3.08. The van der Waals surface area contributed by atoms with Crippen molar-refractivity contribution in [3.8, 4) is 22.5 Å². The molecule has 4 aromatic rings. The van der Waals surface area contributed by atoms with Gasteiger partial charge in [-0.25, -0.2) is 9.97 Å². The predicted molar refractivity (Wildman–Crippen MR) is 104 cm³/mol. The van der Waals surface area contributed by atoms with Gasteiger partial charge in [0.25, 0.3) is 0 Å². The van der Waals surface area contributed by atoms with Crippen LogP contribution >= 0.6 is 0 Å². The minimum atomic E-state index is 0.596. The van der Waals surface area contributed by atoms with Crippen molar-refractivity contribution in [1.29, 1.82) is 0 Å². The van der Waals surface area contributed by atoms with E-state index < -0.39 is 0 Å². The number of benzene rings is 1. The molecule has 0 bridgehead atoms. The monoisotopic (exact) mass is 353 g/mol. The molecule has 0 amide bonds. The Morgan fingerprint density at radius 3 is 2.15 bits per heavy atom. The van der Waals surface area contributed by atoms with Gasteiger partial charge in [-0.1, -0.05) is 6.07 Å². The number of aromatic amines is 1. The van der Waals surface area contributed by atoms with Crippen LogP contribution in [0.25, 0.3) is 33.4 Å². The van der Waals surface area contributed by atoms with E-state index in [-0.39, 0.29) is 0 Å². The molecular weight excluding hydrogens is 334 g/mol. The summed E-state index contributed by atoms with van der Waals surface area (Å²) in [5, 5.41) is 1.15. The molecule has 1 N–H and O–H groups in total. The molecular formula is C22H19N5. The normalized spacial score (nSPS) is 16.7. The minimum Gasteiger partial charge on any atom is -0.360 e. The molecule has 27 heavy (non-hydrogen) atoms. The summed E-state index contributed by atoms with van der Waals surface area (Å²) in [5.74, 6) is 1.20. The first kappa shape index (κ1) is 15.0. The molecule has 5 heteroatoms. The third-order valence-electron chi connectivity index (χ3n) is 5.55. The van der Waals surface area contributed by atoms with E-state index in [4.69, 9.17) is 9.97 Å². The zero-order valence-electron chi connectivity index (χ0n) is 14.9. The number of hydrogen-bond donors (Lipinski definition) is 1. The van der Waals surface area contributed by atoms with Crippen molar-refractivity contribution < 1.29 is 0 Å². The molecule has 3 aromatic heterocycles. The summed E-state index contributed by atoms with van der Waals surface area (Å²) in [6.45, 7) is 0. The first-order chi connectivity index (χ1) is 13.3. The first-order valence-corrected chi connectivity index (χ1v) is 9.61. The number of nitrogens with zero attached hydrogens (tertiary/aromatic N) is 4. The predicted octanol–water partition coefficient (Wildman–Crippen LogP) is 4.84. The van der Waals surface area contributed by atoms with Crippen LogP contribution in [0, 0.1) is 0 Å². The van der Waals surface area contributed by atoms with Crippen molar-refractivity contribution in [1.82, 2.24) is 24.9 Å². The van der Waals surface area contributed by atoms with Gasteiger partial charge in [-0.3, -0.25) is 9.97 Å². The van der Waals surface area contributed by atoms with E-state index in [1.807, 2.05) is 31.0 Å². The minimum absolute atomic E-state index is 0.596. The van der Waals surface area contributed by atoms with Crippen LogP contribution in [0.2, 0.25) is 0 Å². The van der Waals surface area contributed by atoms with Crippen LogP contribution in [0.5, 0.6) is 0 Å². The molecule has 0 aliphatic heterocycles. The van der Waals surface area contributed by atoms with E-state index in [1.165, 1.54) is 25.7 Å². The van der Waals surface area contributed by atoms with Crippen LogP contribution < -0.4 is 0 Å². The molecule has 0 radical (unpaired) electrons. The molecule has 2 fully saturated rings. The lowest BCUT2D eigenvalue weighted by Gasteiger charge is -2.05. The molecule has 6 rings (SSSR count). The Bertz CT molecular complexity index is 1150. The molecule has 2 aliphatic rings. The Balaban J connectivity index is 1.45. The van der Waals surface area contributed by atoms with Crippen molar-refractivity contribution in [2.75, 3.05) is 0 Å². The first-order valence-electron chi connectivity index (χ1n) is 9.61. The van der Waals surface area contributed by atoms with E-state index in [1.54, 1.807) is 0 Å². The summed E-state index contributed by atoms with van der Waals surface area (Å²) >= 11 is 0. The van der Waals surface area contributed by atoms with Crippen molar-refractivity contribution >= 4 is 10.9 Å². The molecule has 2 aliphatic carbocycles. The molecule has 0 unspecified atom stereocenters. The van der Waals surface area contributed by atoms with E-state index in [9.17, 15) is 0 Å². The number of H-pyrrole nitrogens is 1. The van der Waals surface area contributed by atoms with E-state index in [2.05, 4.69) is 33.2 Å². The topological polar surface area (TPSA) is 67.3 Å². The Morgan fingerprint density at radius 2 is 1.44 bits per heavy atom. The van der Waals surface area contributed by atoms with Gasteiger partial charge in [0, 0.05) is 52.5 Å². The number of nitrogens with one attached hydrogen (secondary N) is 1. The second-order valence-corrected chi connectivity index (χ2v) is 7.67. The average molecular weight is 353 g/mol. The van der Waals surface area contributed by atoms with Gasteiger partial charge < -0.3 is 4.98 Å². The number of fused-ring (bicyclic) bond motifs is 1. The summed E-state index contributed by atoms with van der Waals surface area (Å²) in [7, 11) is 0. The van der Waals surface area contributed by atoms with Gasteiger partial charge in [0.2, 0.25) is 0 Å². The standard InChI is InChI=1S/C22H19N5/c1-2-13(1)19-9-23-11-21(26-19)15-5-6-18-16(7-15)17(8-25-18)22-12-24-10-20(27-22)14-3-4-14/h5-14,25H,1-4H2. The zero-order chi connectivity index (χ0) is 17.8. The maximum absolute atomic E-state index is 4.86. The fourth-order valence-corrected chi connectivity index (χ4v) is 3.67. The van der Waals surface area contributed by atoms with Gasteiger partial charge >= 0.3 is 0 Å². The van der Waals surface area contributed by atoms with Crippen LogP contribution in [0.1, 0.15) is 48.9 Å². The maximum atomic E-state index is 4.86. The van der Waals surface area contributed by atoms with Crippen LogP contribution in [0.3, 0.4) is 0 Å². The zero-order valence-corrected chi connectivity index (χ0v) is 14.9. The highest BCUT2D eigenvalue weighted by molar-refractivity contribution is 5.96. The lowest BCUT2D eigenvalue weighted by Crippen LogP contribution is -1.93. The largest absolute Gasteiger partial charge is 0.360 e. The number of hydrogen-bond acceptors (Lipinski definition) is 4. The second kappa shape index (κ2) is 5.71. The highest BCUT2D eigenvalue weighted by Gasteiger charge is 2.26. The van der Waals surface area contributed by atoms with Gasteiger partial charge in [-0.15, -0.1) is 0 Å². The summed E-state index contributed by atoms with van der Waals surface area (Å²) < 4.78 is 0. The van der Waals surface area contributed by atoms with Crippen molar-refractivity contribution in [3.63, 3.8) is 0 Å². The quantitative estimate of drug-likeness (QED) is 0.570. The van der Waals surface area contributed by atoms with Crippen molar-refractivity contribution in [2.24, 2.45) is 0 Å². The number of rotatable bonds is 4. The number of aromatic nitrogens is 5. The smallest absolute Gasteiger partial charge is 0.0910 e. The van der Waals surface area contributed by atoms with Crippen LogP contribution in [-0.4, -0.2) is 24.9 Å².